The highest BCUT2D eigenvalue weighted by atomic mass is 32.1. The van der Waals surface area contributed by atoms with Crippen molar-refractivity contribution in [2.24, 2.45) is 5.92 Å². The maximum absolute atomic E-state index is 11.9. The molecule has 1 aliphatic carbocycles. The van der Waals surface area contributed by atoms with E-state index in [9.17, 15) is 4.79 Å². The first-order valence-corrected chi connectivity index (χ1v) is 7.24. The van der Waals surface area contributed by atoms with Crippen molar-refractivity contribution in [3.05, 3.63) is 4.88 Å². The molecule has 1 aliphatic rings. The smallest absolute Gasteiger partial charge is 0.265 e. The minimum Gasteiger partial charge on any atom is -0.382 e. The number of carbonyl (C=O) groups is 1. The molecule has 1 aromatic rings. The van der Waals surface area contributed by atoms with Gasteiger partial charge in [0.15, 0.2) is 5.13 Å². The van der Waals surface area contributed by atoms with Crippen molar-refractivity contribution in [2.45, 2.75) is 32.1 Å². The maximum Gasteiger partial charge on any atom is 0.265 e. The van der Waals surface area contributed by atoms with E-state index in [-0.39, 0.29) is 5.91 Å². The van der Waals surface area contributed by atoms with E-state index in [1.165, 1.54) is 37.0 Å². The first-order chi connectivity index (χ1) is 8.70. The van der Waals surface area contributed by atoms with E-state index in [2.05, 4.69) is 15.6 Å². The lowest BCUT2D eigenvalue weighted by Crippen LogP contribution is -2.25. The summed E-state index contributed by atoms with van der Waals surface area (Å²) in [6, 6.07) is 0. The number of amides is 1. The van der Waals surface area contributed by atoms with Crippen molar-refractivity contribution in [2.75, 3.05) is 24.6 Å². The zero-order valence-corrected chi connectivity index (χ0v) is 11.5. The number of thiazole rings is 1. The van der Waals surface area contributed by atoms with Gasteiger partial charge in [0.05, 0.1) is 0 Å². The van der Waals surface area contributed by atoms with Crippen LogP contribution in [-0.2, 0) is 0 Å². The van der Waals surface area contributed by atoms with E-state index in [1.807, 2.05) is 0 Å². The third-order valence-electron chi connectivity index (χ3n) is 3.39. The van der Waals surface area contributed by atoms with Crippen molar-refractivity contribution >= 4 is 28.2 Å². The maximum atomic E-state index is 11.9. The van der Waals surface area contributed by atoms with Crippen LogP contribution < -0.4 is 16.4 Å². The van der Waals surface area contributed by atoms with Gasteiger partial charge in [0, 0.05) is 13.6 Å². The fourth-order valence-corrected chi connectivity index (χ4v) is 3.13. The molecule has 0 aliphatic heterocycles. The Kier molecular flexibility index (Phi) is 4.41. The van der Waals surface area contributed by atoms with E-state index in [4.69, 9.17) is 5.73 Å². The molecule has 0 atom stereocenters. The highest BCUT2D eigenvalue weighted by molar-refractivity contribution is 7.18. The molecule has 0 spiro atoms. The van der Waals surface area contributed by atoms with E-state index in [0.29, 0.717) is 15.8 Å². The molecule has 0 unspecified atom stereocenters. The average Bonchev–Trinajstić information content (AvgIpc) is 2.98. The number of anilines is 2. The molecule has 0 saturated heterocycles. The summed E-state index contributed by atoms with van der Waals surface area (Å²) >= 11 is 1.29. The molecule has 0 radical (unpaired) electrons. The molecular weight excluding hydrogens is 248 g/mol. The lowest BCUT2D eigenvalue weighted by molar-refractivity contribution is 0.0956. The van der Waals surface area contributed by atoms with Crippen LogP contribution in [0.2, 0.25) is 0 Å². The van der Waals surface area contributed by atoms with Crippen LogP contribution in [0.25, 0.3) is 0 Å². The molecule has 0 bridgehead atoms. The van der Waals surface area contributed by atoms with Gasteiger partial charge >= 0.3 is 0 Å². The van der Waals surface area contributed by atoms with E-state index in [1.54, 1.807) is 7.05 Å². The minimum absolute atomic E-state index is 0.107. The number of rotatable bonds is 5. The highest BCUT2D eigenvalue weighted by Gasteiger charge is 2.17. The molecule has 18 heavy (non-hydrogen) atoms. The van der Waals surface area contributed by atoms with Crippen LogP contribution in [0, 0.1) is 5.92 Å². The summed E-state index contributed by atoms with van der Waals surface area (Å²) in [5, 5.41) is 6.49. The van der Waals surface area contributed by atoms with Gasteiger partial charge in [0.2, 0.25) is 0 Å². The fourth-order valence-electron chi connectivity index (χ4n) is 2.37. The molecule has 5 nitrogen and oxygen atoms in total. The third-order valence-corrected chi connectivity index (χ3v) is 4.47. The number of nitrogens with one attached hydrogen (secondary N) is 2. The zero-order valence-electron chi connectivity index (χ0n) is 10.7. The predicted molar refractivity (Wildman–Crippen MR) is 75.0 cm³/mol. The summed E-state index contributed by atoms with van der Waals surface area (Å²) in [6.07, 6.45) is 6.37. The predicted octanol–water partition coefficient (Wildman–Crippen LogP) is 2.08. The normalized spacial score (nSPS) is 15.8. The highest BCUT2D eigenvalue weighted by Crippen LogP contribution is 2.27. The molecular formula is C12H20N4OS. The molecule has 0 aromatic carbocycles. The molecule has 2 rings (SSSR count). The average molecular weight is 268 g/mol. The van der Waals surface area contributed by atoms with Crippen molar-refractivity contribution in [3.63, 3.8) is 0 Å². The first kappa shape index (κ1) is 13.1. The monoisotopic (exact) mass is 268 g/mol. The molecule has 1 aromatic heterocycles. The summed E-state index contributed by atoms with van der Waals surface area (Å²) in [7, 11) is 1.76. The van der Waals surface area contributed by atoms with Gasteiger partial charge in [-0.3, -0.25) is 4.79 Å². The van der Waals surface area contributed by atoms with Crippen LogP contribution in [0.4, 0.5) is 10.9 Å². The number of aromatic nitrogens is 1. The van der Waals surface area contributed by atoms with Crippen molar-refractivity contribution in [3.8, 4) is 0 Å². The summed E-state index contributed by atoms with van der Waals surface area (Å²) in [5.74, 6) is 0.990. The van der Waals surface area contributed by atoms with Crippen LogP contribution in [0.1, 0.15) is 41.8 Å². The Morgan fingerprint density at radius 1 is 1.50 bits per heavy atom. The molecule has 1 saturated carbocycles. The topological polar surface area (TPSA) is 80.0 Å². The lowest BCUT2D eigenvalue weighted by Gasteiger charge is -2.09. The van der Waals surface area contributed by atoms with Gasteiger partial charge in [-0.1, -0.05) is 37.0 Å². The summed E-state index contributed by atoms with van der Waals surface area (Å²) in [5.41, 5.74) is 5.71. The second-order valence-electron chi connectivity index (χ2n) is 4.68. The molecule has 1 amide bonds. The Bertz CT molecular complexity index is 412. The summed E-state index contributed by atoms with van der Waals surface area (Å²) in [4.78, 5) is 16.5. The second-order valence-corrected chi connectivity index (χ2v) is 5.68. The van der Waals surface area contributed by atoms with E-state index in [0.717, 1.165) is 18.9 Å². The second kappa shape index (κ2) is 6.04. The van der Waals surface area contributed by atoms with Crippen LogP contribution in [0.5, 0.6) is 0 Å². The Morgan fingerprint density at radius 3 is 2.83 bits per heavy atom. The van der Waals surface area contributed by atoms with E-state index < -0.39 is 0 Å². The summed E-state index contributed by atoms with van der Waals surface area (Å²) < 4.78 is 0. The first-order valence-electron chi connectivity index (χ1n) is 6.43. The van der Waals surface area contributed by atoms with Gasteiger partial charge in [-0.05, 0) is 12.3 Å². The third kappa shape index (κ3) is 3.13. The molecule has 1 fully saturated rings. The van der Waals surface area contributed by atoms with Crippen LogP contribution in [0.15, 0.2) is 0 Å². The Morgan fingerprint density at radius 2 is 2.22 bits per heavy atom. The minimum atomic E-state index is -0.107. The van der Waals surface area contributed by atoms with Crippen LogP contribution in [0.3, 0.4) is 0 Å². The summed E-state index contributed by atoms with van der Waals surface area (Å²) in [6.45, 7) is 0.732. The number of nitrogens with zero attached hydrogens (tertiary/aromatic N) is 1. The number of nitrogen functional groups attached to an aromatic ring is 1. The van der Waals surface area contributed by atoms with Gasteiger partial charge in [-0.2, -0.15) is 0 Å². The Balaban J connectivity index is 1.81. The number of nitrogens with two attached hydrogens (primary N) is 1. The Hall–Kier alpha value is -1.30. The van der Waals surface area contributed by atoms with Crippen LogP contribution in [-0.4, -0.2) is 24.5 Å². The largest absolute Gasteiger partial charge is 0.382 e. The van der Waals surface area contributed by atoms with Crippen molar-refractivity contribution in [1.29, 1.82) is 0 Å². The standard InChI is InChI=1S/C12H20N4OS/c1-14-12-16-10(13)9(18-12)11(17)15-7-6-8-4-2-3-5-8/h8H,2-7,13H2,1H3,(H,14,16)(H,15,17). The van der Waals surface area contributed by atoms with Gasteiger partial charge in [0.1, 0.15) is 10.7 Å². The fraction of sp³-hybridized carbons (Fsp3) is 0.667. The van der Waals surface area contributed by atoms with Crippen LogP contribution >= 0.6 is 11.3 Å². The Labute approximate surface area is 111 Å². The van der Waals surface area contributed by atoms with Gasteiger partial charge in [0.25, 0.3) is 5.91 Å². The van der Waals surface area contributed by atoms with Gasteiger partial charge in [-0.15, -0.1) is 0 Å². The van der Waals surface area contributed by atoms with E-state index >= 15 is 0 Å². The molecule has 6 heteroatoms. The quantitative estimate of drug-likeness (QED) is 0.764. The van der Waals surface area contributed by atoms with Gasteiger partial charge in [-0.25, -0.2) is 4.98 Å². The molecule has 4 N–H and O–H groups in total. The van der Waals surface area contributed by atoms with Crippen molar-refractivity contribution < 1.29 is 4.79 Å². The number of hydrogen-bond acceptors (Lipinski definition) is 5. The van der Waals surface area contributed by atoms with Gasteiger partial charge < -0.3 is 16.4 Å². The number of carbonyl (C=O) groups excluding carboxylic acids is 1. The zero-order chi connectivity index (χ0) is 13.0. The number of hydrogen-bond donors (Lipinski definition) is 3. The van der Waals surface area contributed by atoms with Crippen molar-refractivity contribution in [1.82, 2.24) is 10.3 Å². The molecule has 1 heterocycles. The SMILES string of the molecule is CNc1nc(N)c(C(=O)NCCC2CCCC2)s1. The molecule has 100 valence electrons. The lowest BCUT2D eigenvalue weighted by atomic mass is 10.0.